The molecule has 4 heteroatoms. The summed E-state index contributed by atoms with van der Waals surface area (Å²) < 4.78 is 0. The van der Waals surface area contributed by atoms with Crippen molar-refractivity contribution in [3.05, 3.63) is 23.5 Å². The van der Waals surface area contributed by atoms with Crippen LogP contribution in [-0.2, 0) is 5.88 Å². The van der Waals surface area contributed by atoms with Crippen molar-refractivity contribution in [1.29, 1.82) is 0 Å². The van der Waals surface area contributed by atoms with Crippen molar-refractivity contribution in [2.24, 2.45) is 0 Å². The average molecular weight is 266 g/mol. The molecule has 0 bridgehead atoms. The largest absolute Gasteiger partial charge is 0.369 e. The normalized spacial score (nSPS) is 21.3. The second kappa shape index (κ2) is 5.06. The van der Waals surface area contributed by atoms with Crippen molar-refractivity contribution in [2.75, 3.05) is 31.1 Å². The van der Waals surface area contributed by atoms with Gasteiger partial charge in [-0.25, -0.2) is 0 Å². The summed E-state index contributed by atoms with van der Waals surface area (Å²) in [7, 11) is 0. The van der Waals surface area contributed by atoms with E-state index in [2.05, 4.69) is 20.9 Å². The van der Waals surface area contributed by atoms with Crippen LogP contribution in [0.2, 0.25) is 0 Å². The van der Waals surface area contributed by atoms with Crippen LogP contribution in [0.25, 0.3) is 0 Å². The minimum Gasteiger partial charge on any atom is -0.369 e. The van der Waals surface area contributed by atoms with Crippen LogP contribution < -0.4 is 4.90 Å². The van der Waals surface area contributed by atoms with Crippen LogP contribution in [0.1, 0.15) is 24.1 Å². The second-order valence-electron chi connectivity index (χ2n) is 5.34. The van der Waals surface area contributed by atoms with Crippen molar-refractivity contribution < 1.29 is 0 Å². The van der Waals surface area contributed by atoms with Crippen LogP contribution in [-0.4, -0.2) is 42.1 Å². The molecule has 1 aromatic heterocycles. The molecule has 98 valence electrons. The minimum atomic E-state index is 0.547. The van der Waals surface area contributed by atoms with E-state index in [1.165, 1.54) is 31.6 Å². The van der Waals surface area contributed by atoms with Crippen LogP contribution >= 0.6 is 11.6 Å². The maximum atomic E-state index is 6.02. The fourth-order valence-electron chi connectivity index (χ4n) is 2.74. The number of rotatable bonds is 3. The molecule has 1 saturated carbocycles. The van der Waals surface area contributed by atoms with Crippen molar-refractivity contribution >= 4 is 17.3 Å². The molecule has 0 atom stereocenters. The average Bonchev–Trinajstić information content (AvgIpc) is 3.23. The van der Waals surface area contributed by atoms with Crippen molar-refractivity contribution in [3.63, 3.8) is 0 Å². The molecule has 0 radical (unpaired) electrons. The molecule has 0 amide bonds. The molecule has 1 aliphatic heterocycles. The number of halogens is 1. The van der Waals surface area contributed by atoms with E-state index in [1.54, 1.807) is 0 Å². The summed E-state index contributed by atoms with van der Waals surface area (Å²) in [6.45, 7) is 6.65. The van der Waals surface area contributed by atoms with Gasteiger partial charge in [-0.15, -0.1) is 11.6 Å². The SMILES string of the molecule is Cc1cc(N2CCN(C3CC3)CC2)c(CCl)cn1. The molecule has 3 rings (SSSR count). The maximum Gasteiger partial charge on any atom is 0.0509 e. The summed E-state index contributed by atoms with van der Waals surface area (Å²) >= 11 is 6.02. The lowest BCUT2D eigenvalue weighted by Gasteiger charge is -2.37. The van der Waals surface area contributed by atoms with E-state index in [0.717, 1.165) is 30.4 Å². The van der Waals surface area contributed by atoms with E-state index in [-0.39, 0.29) is 0 Å². The van der Waals surface area contributed by atoms with Gasteiger partial charge in [-0.2, -0.15) is 0 Å². The predicted octanol–water partition coefficient (Wildman–Crippen LogP) is 2.41. The van der Waals surface area contributed by atoms with Gasteiger partial charge in [0.25, 0.3) is 0 Å². The number of pyridine rings is 1. The smallest absolute Gasteiger partial charge is 0.0509 e. The van der Waals surface area contributed by atoms with Gasteiger partial charge in [-0.05, 0) is 25.8 Å². The number of hydrogen-bond donors (Lipinski definition) is 0. The van der Waals surface area contributed by atoms with E-state index < -0.39 is 0 Å². The van der Waals surface area contributed by atoms with Crippen LogP contribution in [0.4, 0.5) is 5.69 Å². The van der Waals surface area contributed by atoms with Crippen LogP contribution in [0.3, 0.4) is 0 Å². The molecule has 1 aliphatic carbocycles. The van der Waals surface area contributed by atoms with Gasteiger partial charge in [0.05, 0.1) is 5.88 Å². The number of nitrogens with zero attached hydrogens (tertiary/aromatic N) is 3. The molecule has 0 aromatic carbocycles. The first-order valence-electron chi connectivity index (χ1n) is 6.78. The molecule has 0 N–H and O–H groups in total. The minimum absolute atomic E-state index is 0.547. The Balaban J connectivity index is 1.72. The Morgan fingerprint density at radius 3 is 2.61 bits per heavy atom. The third-order valence-corrected chi connectivity index (χ3v) is 4.25. The van der Waals surface area contributed by atoms with Crippen LogP contribution in [0.5, 0.6) is 0 Å². The topological polar surface area (TPSA) is 19.4 Å². The van der Waals surface area contributed by atoms with Crippen molar-refractivity contribution in [3.8, 4) is 0 Å². The van der Waals surface area contributed by atoms with Crippen LogP contribution in [0, 0.1) is 6.92 Å². The highest BCUT2D eigenvalue weighted by atomic mass is 35.5. The summed E-state index contributed by atoms with van der Waals surface area (Å²) in [6, 6.07) is 3.06. The number of alkyl halides is 1. The molecule has 2 fully saturated rings. The Morgan fingerprint density at radius 2 is 2.00 bits per heavy atom. The Hall–Kier alpha value is -0.800. The molecular weight excluding hydrogens is 246 g/mol. The zero-order valence-electron chi connectivity index (χ0n) is 10.9. The van der Waals surface area contributed by atoms with Crippen molar-refractivity contribution in [1.82, 2.24) is 9.88 Å². The van der Waals surface area contributed by atoms with E-state index >= 15 is 0 Å². The highest BCUT2D eigenvalue weighted by Gasteiger charge is 2.31. The molecule has 1 saturated heterocycles. The van der Waals surface area contributed by atoms with E-state index in [9.17, 15) is 0 Å². The Labute approximate surface area is 114 Å². The molecular formula is C14H20ClN3. The van der Waals surface area contributed by atoms with Gasteiger partial charge in [0.2, 0.25) is 0 Å². The highest BCUT2D eigenvalue weighted by molar-refractivity contribution is 6.17. The molecule has 2 heterocycles. The van der Waals surface area contributed by atoms with Gasteiger partial charge in [0.15, 0.2) is 0 Å². The standard InChI is InChI=1S/C14H20ClN3/c1-11-8-14(12(9-15)10-16-11)18-6-4-17(5-7-18)13-2-3-13/h8,10,13H,2-7,9H2,1H3. The Bertz CT molecular complexity index is 423. The zero-order valence-corrected chi connectivity index (χ0v) is 11.7. The number of piperazine rings is 1. The van der Waals surface area contributed by atoms with Crippen LogP contribution in [0.15, 0.2) is 12.3 Å². The first kappa shape index (κ1) is 12.2. The van der Waals surface area contributed by atoms with Gasteiger partial charge in [0.1, 0.15) is 0 Å². The third-order valence-electron chi connectivity index (χ3n) is 3.96. The molecule has 3 nitrogen and oxygen atoms in total. The molecule has 1 aromatic rings. The van der Waals surface area contributed by atoms with E-state index in [4.69, 9.17) is 11.6 Å². The van der Waals surface area contributed by atoms with Crippen molar-refractivity contribution in [2.45, 2.75) is 31.7 Å². The maximum absolute atomic E-state index is 6.02. The molecule has 18 heavy (non-hydrogen) atoms. The summed E-state index contributed by atoms with van der Waals surface area (Å²) in [6.07, 6.45) is 4.73. The monoisotopic (exact) mass is 265 g/mol. The Morgan fingerprint density at radius 1 is 1.28 bits per heavy atom. The van der Waals surface area contributed by atoms with Gasteiger partial charge in [-0.1, -0.05) is 0 Å². The lowest BCUT2D eigenvalue weighted by Crippen LogP contribution is -2.47. The first-order valence-corrected chi connectivity index (χ1v) is 7.32. The lowest BCUT2D eigenvalue weighted by atomic mass is 10.2. The van der Waals surface area contributed by atoms with E-state index in [1.807, 2.05) is 13.1 Å². The predicted molar refractivity (Wildman–Crippen MR) is 75.3 cm³/mol. The van der Waals surface area contributed by atoms with Gasteiger partial charge in [0, 0.05) is 55.4 Å². The van der Waals surface area contributed by atoms with Gasteiger partial charge in [-0.3, -0.25) is 9.88 Å². The molecule has 2 aliphatic rings. The zero-order chi connectivity index (χ0) is 12.5. The number of aryl methyl sites for hydroxylation is 1. The number of aromatic nitrogens is 1. The fourth-order valence-corrected chi connectivity index (χ4v) is 2.94. The fraction of sp³-hybridized carbons (Fsp3) is 0.643. The molecule has 0 spiro atoms. The quantitative estimate of drug-likeness (QED) is 0.783. The summed E-state index contributed by atoms with van der Waals surface area (Å²) in [4.78, 5) is 9.43. The van der Waals surface area contributed by atoms with Gasteiger partial charge < -0.3 is 4.90 Å². The summed E-state index contributed by atoms with van der Waals surface area (Å²) in [5.41, 5.74) is 3.51. The lowest BCUT2D eigenvalue weighted by molar-refractivity contribution is 0.248. The number of anilines is 1. The van der Waals surface area contributed by atoms with E-state index in [0.29, 0.717) is 5.88 Å². The summed E-state index contributed by atoms with van der Waals surface area (Å²) in [5, 5.41) is 0. The summed E-state index contributed by atoms with van der Waals surface area (Å²) in [5.74, 6) is 0.547. The first-order chi connectivity index (χ1) is 8.78. The third kappa shape index (κ3) is 2.47. The second-order valence-corrected chi connectivity index (χ2v) is 5.61. The number of hydrogen-bond acceptors (Lipinski definition) is 3. The highest BCUT2D eigenvalue weighted by Crippen LogP contribution is 2.29. The molecule has 0 unspecified atom stereocenters. The Kier molecular flexibility index (Phi) is 3.44. The van der Waals surface area contributed by atoms with Gasteiger partial charge >= 0.3 is 0 Å².